The largest absolute Gasteiger partial charge is 0.396 e. The summed E-state index contributed by atoms with van der Waals surface area (Å²) in [5, 5.41) is 14.8. The van der Waals surface area contributed by atoms with E-state index >= 15 is 0 Å². The first-order valence-corrected chi connectivity index (χ1v) is 5.86. The summed E-state index contributed by atoms with van der Waals surface area (Å²) in [5.74, 6) is 0.0756. The molecule has 0 aromatic rings. The molecule has 0 heterocycles. The average molecular weight is 214 g/mol. The van der Waals surface area contributed by atoms with Gasteiger partial charge in [-0.05, 0) is 26.2 Å². The number of rotatable bonds is 6. The second-order valence-electron chi connectivity index (χ2n) is 4.34. The molecule has 4 nitrogen and oxygen atoms in total. The van der Waals surface area contributed by atoms with Gasteiger partial charge in [-0.25, -0.2) is 0 Å². The van der Waals surface area contributed by atoms with Crippen LogP contribution in [0.5, 0.6) is 0 Å². The molecule has 0 radical (unpaired) electrons. The van der Waals surface area contributed by atoms with E-state index in [4.69, 9.17) is 5.11 Å². The van der Waals surface area contributed by atoms with E-state index in [1.807, 2.05) is 6.92 Å². The molecule has 1 rings (SSSR count). The quantitative estimate of drug-likeness (QED) is 0.600. The van der Waals surface area contributed by atoms with Gasteiger partial charge in [0.05, 0.1) is 6.54 Å². The van der Waals surface area contributed by atoms with Gasteiger partial charge in [0.1, 0.15) is 0 Å². The molecule has 1 amide bonds. The monoisotopic (exact) mass is 214 g/mol. The number of amides is 1. The van der Waals surface area contributed by atoms with E-state index in [-0.39, 0.29) is 18.6 Å². The highest BCUT2D eigenvalue weighted by atomic mass is 16.3. The van der Waals surface area contributed by atoms with Gasteiger partial charge in [0.25, 0.3) is 0 Å². The van der Waals surface area contributed by atoms with Gasteiger partial charge in [0.2, 0.25) is 5.91 Å². The van der Waals surface area contributed by atoms with Crippen LogP contribution in [0.15, 0.2) is 0 Å². The van der Waals surface area contributed by atoms with Crippen LogP contribution in [0.4, 0.5) is 0 Å². The molecule has 1 saturated carbocycles. The van der Waals surface area contributed by atoms with Crippen LogP contribution in [-0.4, -0.2) is 36.2 Å². The molecule has 1 aliphatic rings. The fraction of sp³-hybridized carbons (Fsp3) is 0.909. The molecule has 3 N–H and O–H groups in total. The van der Waals surface area contributed by atoms with E-state index in [0.717, 1.165) is 12.8 Å². The van der Waals surface area contributed by atoms with Crippen molar-refractivity contribution in [3.05, 3.63) is 0 Å². The minimum Gasteiger partial charge on any atom is -0.396 e. The van der Waals surface area contributed by atoms with Gasteiger partial charge < -0.3 is 15.7 Å². The summed E-state index contributed by atoms with van der Waals surface area (Å²) in [6, 6.07) is 0.594. The predicted molar refractivity (Wildman–Crippen MR) is 59.6 cm³/mol. The smallest absolute Gasteiger partial charge is 0.234 e. The van der Waals surface area contributed by atoms with Gasteiger partial charge in [-0.2, -0.15) is 0 Å². The minimum atomic E-state index is 0.0756. The first-order valence-electron chi connectivity index (χ1n) is 5.86. The number of aliphatic hydroxyl groups is 1. The Hall–Kier alpha value is -0.610. The fourth-order valence-electron chi connectivity index (χ4n) is 1.91. The lowest BCUT2D eigenvalue weighted by Gasteiger charge is -2.15. The summed E-state index contributed by atoms with van der Waals surface area (Å²) in [7, 11) is 0. The van der Waals surface area contributed by atoms with Crippen LogP contribution in [-0.2, 0) is 4.79 Å². The molecule has 1 unspecified atom stereocenters. The van der Waals surface area contributed by atoms with Crippen LogP contribution in [0, 0.1) is 0 Å². The average Bonchev–Trinajstić information content (AvgIpc) is 2.68. The van der Waals surface area contributed by atoms with Crippen molar-refractivity contribution in [2.24, 2.45) is 0 Å². The van der Waals surface area contributed by atoms with E-state index in [2.05, 4.69) is 10.6 Å². The molecular formula is C11H22N2O2. The zero-order valence-electron chi connectivity index (χ0n) is 9.46. The summed E-state index contributed by atoms with van der Waals surface area (Å²) in [6.07, 6.45) is 5.41. The first-order chi connectivity index (χ1) is 7.22. The van der Waals surface area contributed by atoms with Crippen molar-refractivity contribution in [1.29, 1.82) is 0 Å². The zero-order chi connectivity index (χ0) is 11.1. The number of nitrogens with one attached hydrogen (secondary N) is 2. The number of aliphatic hydroxyl groups excluding tert-OH is 1. The van der Waals surface area contributed by atoms with E-state index in [9.17, 15) is 4.79 Å². The standard InChI is InChI=1S/C11H22N2O2/c1-9(6-7-14)12-8-11(15)13-10-4-2-3-5-10/h9-10,12,14H,2-8H2,1H3,(H,13,15). The number of carbonyl (C=O) groups is 1. The Bertz CT molecular complexity index is 191. The first kappa shape index (κ1) is 12.5. The normalized spacial score (nSPS) is 19.1. The van der Waals surface area contributed by atoms with Gasteiger partial charge in [0.15, 0.2) is 0 Å². The van der Waals surface area contributed by atoms with Crippen LogP contribution in [0.25, 0.3) is 0 Å². The van der Waals surface area contributed by atoms with Crippen LogP contribution in [0.1, 0.15) is 39.0 Å². The SMILES string of the molecule is CC(CCO)NCC(=O)NC1CCCC1. The van der Waals surface area contributed by atoms with Crippen molar-refractivity contribution in [1.82, 2.24) is 10.6 Å². The lowest BCUT2D eigenvalue weighted by molar-refractivity contribution is -0.121. The lowest BCUT2D eigenvalue weighted by Crippen LogP contribution is -2.41. The highest BCUT2D eigenvalue weighted by Crippen LogP contribution is 2.17. The second kappa shape index (κ2) is 6.80. The summed E-state index contributed by atoms with van der Waals surface area (Å²) < 4.78 is 0. The Balaban J connectivity index is 2.07. The maximum atomic E-state index is 11.5. The molecule has 1 atom stereocenters. The summed E-state index contributed by atoms with van der Waals surface area (Å²) in [5.41, 5.74) is 0. The van der Waals surface area contributed by atoms with Crippen LogP contribution < -0.4 is 10.6 Å². The highest BCUT2D eigenvalue weighted by molar-refractivity contribution is 5.78. The molecule has 4 heteroatoms. The predicted octanol–water partition coefficient (Wildman–Crippen LogP) is 0.406. The molecule has 0 aromatic heterocycles. The van der Waals surface area contributed by atoms with Gasteiger partial charge in [0, 0.05) is 18.7 Å². The molecule has 88 valence electrons. The molecule has 1 fully saturated rings. The van der Waals surface area contributed by atoms with Crippen LogP contribution >= 0.6 is 0 Å². The minimum absolute atomic E-state index is 0.0756. The topological polar surface area (TPSA) is 61.4 Å². The van der Waals surface area contributed by atoms with Crippen molar-refractivity contribution in [3.8, 4) is 0 Å². The van der Waals surface area contributed by atoms with Crippen LogP contribution in [0.3, 0.4) is 0 Å². The van der Waals surface area contributed by atoms with Gasteiger partial charge in [-0.1, -0.05) is 12.8 Å². The third kappa shape index (κ3) is 5.14. The highest BCUT2D eigenvalue weighted by Gasteiger charge is 2.16. The van der Waals surface area contributed by atoms with Gasteiger partial charge >= 0.3 is 0 Å². The molecule has 0 bridgehead atoms. The van der Waals surface area contributed by atoms with E-state index in [1.54, 1.807) is 0 Å². The fourth-order valence-corrected chi connectivity index (χ4v) is 1.91. The molecule has 0 aromatic carbocycles. The molecule has 1 aliphatic carbocycles. The van der Waals surface area contributed by atoms with E-state index in [1.165, 1.54) is 12.8 Å². The Labute approximate surface area is 91.4 Å². The number of hydrogen-bond acceptors (Lipinski definition) is 3. The van der Waals surface area contributed by atoms with E-state index in [0.29, 0.717) is 19.0 Å². The van der Waals surface area contributed by atoms with Crippen molar-refractivity contribution < 1.29 is 9.90 Å². The maximum absolute atomic E-state index is 11.5. The molecule has 0 spiro atoms. The van der Waals surface area contributed by atoms with Crippen molar-refractivity contribution in [3.63, 3.8) is 0 Å². The molecule has 15 heavy (non-hydrogen) atoms. The third-order valence-electron chi connectivity index (χ3n) is 2.89. The number of hydrogen-bond donors (Lipinski definition) is 3. The number of carbonyl (C=O) groups excluding carboxylic acids is 1. The lowest BCUT2D eigenvalue weighted by atomic mass is 10.2. The summed E-state index contributed by atoms with van der Waals surface area (Å²) in [4.78, 5) is 11.5. The second-order valence-corrected chi connectivity index (χ2v) is 4.34. The van der Waals surface area contributed by atoms with E-state index < -0.39 is 0 Å². The Kier molecular flexibility index (Phi) is 5.65. The third-order valence-corrected chi connectivity index (χ3v) is 2.89. The Morgan fingerprint density at radius 3 is 2.73 bits per heavy atom. The zero-order valence-corrected chi connectivity index (χ0v) is 9.46. The van der Waals surface area contributed by atoms with Gasteiger partial charge in [-0.15, -0.1) is 0 Å². The summed E-state index contributed by atoms with van der Waals surface area (Å²) in [6.45, 7) is 2.50. The van der Waals surface area contributed by atoms with Crippen LogP contribution in [0.2, 0.25) is 0 Å². The Morgan fingerprint density at radius 1 is 1.47 bits per heavy atom. The molecule has 0 saturated heterocycles. The van der Waals surface area contributed by atoms with Crippen molar-refractivity contribution in [2.75, 3.05) is 13.2 Å². The Morgan fingerprint density at radius 2 is 2.13 bits per heavy atom. The van der Waals surface area contributed by atoms with Crippen molar-refractivity contribution in [2.45, 2.75) is 51.1 Å². The molecule has 0 aliphatic heterocycles. The van der Waals surface area contributed by atoms with Crippen molar-refractivity contribution >= 4 is 5.91 Å². The maximum Gasteiger partial charge on any atom is 0.234 e. The summed E-state index contributed by atoms with van der Waals surface area (Å²) >= 11 is 0. The van der Waals surface area contributed by atoms with Gasteiger partial charge in [-0.3, -0.25) is 4.79 Å². The molecular weight excluding hydrogens is 192 g/mol.